The van der Waals surface area contributed by atoms with E-state index in [1.165, 1.54) is 12.1 Å². The summed E-state index contributed by atoms with van der Waals surface area (Å²) in [4.78, 5) is 10.8. The molecular formula is C9H9FN2O2. The Morgan fingerprint density at radius 2 is 2.29 bits per heavy atom. The van der Waals surface area contributed by atoms with Gasteiger partial charge in [0.1, 0.15) is 0 Å². The fourth-order valence-corrected chi connectivity index (χ4v) is 1.40. The van der Waals surface area contributed by atoms with Crippen molar-refractivity contribution >= 4 is 6.03 Å². The minimum Gasteiger partial charge on any atom is -0.505 e. The van der Waals surface area contributed by atoms with Crippen LogP contribution in [-0.4, -0.2) is 17.7 Å². The number of phenolic OH excluding ortho intramolecular Hbond substituents is 1. The molecule has 2 rings (SSSR count). The van der Waals surface area contributed by atoms with Crippen molar-refractivity contribution in [2.24, 2.45) is 0 Å². The zero-order valence-electron chi connectivity index (χ0n) is 7.25. The first kappa shape index (κ1) is 8.80. The summed E-state index contributed by atoms with van der Waals surface area (Å²) in [6.07, 6.45) is 0. The normalized spacial score (nSPS) is 20.4. The summed E-state index contributed by atoms with van der Waals surface area (Å²) in [5.74, 6) is -1.06. The van der Waals surface area contributed by atoms with Gasteiger partial charge in [0.2, 0.25) is 0 Å². The van der Waals surface area contributed by atoms with Crippen molar-refractivity contribution in [1.29, 1.82) is 0 Å². The first-order valence-corrected chi connectivity index (χ1v) is 4.19. The average Bonchev–Trinajstić information content (AvgIpc) is 2.57. The van der Waals surface area contributed by atoms with Crippen LogP contribution in [0, 0.1) is 5.82 Å². The monoisotopic (exact) mass is 196 g/mol. The van der Waals surface area contributed by atoms with Crippen LogP contribution < -0.4 is 10.6 Å². The van der Waals surface area contributed by atoms with Crippen molar-refractivity contribution in [2.75, 3.05) is 6.54 Å². The maximum absolute atomic E-state index is 12.9. The molecule has 0 aliphatic carbocycles. The highest BCUT2D eigenvalue weighted by Gasteiger charge is 2.22. The lowest BCUT2D eigenvalue weighted by molar-refractivity contribution is 0.247. The number of rotatable bonds is 1. The van der Waals surface area contributed by atoms with E-state index in [1.807, 2.05) is 0 Å². The molecule has 1 saturated heterocycles. The van der Waals surface area contributed by atoms with E-state index < -0.39 is 5.82 Å². The van der Waals surface area contributed by atoms with Crippen LogP contribution in [0.5, 0.6) is 5.75 Å². The van der Waals surface area contributed by atoms with E-state index in [9.17, 15) is 9.18 Å². The molecule has 5 heteroatoms. The Morgan fingerprint density at radius 3 is 2.86 bits per heavy atom. The van der Waals surface area contributed by atoms with Gasteiger partial charge in [-0.05, 0) is 17.7 Å². The van der Waals surface area contributed by atoms with E-state index in [2.05, 4.69) is 10.6 Å². The molecule has 3 N–H and O–H groups in total. The van der Waals surface area contributed by atoms with Gasteiger partial charge in [-0.15, -0.1) is 0 Å². The van der Waals surface area contributed by atoms with Gasteiger partial charge < -0.3 is 15.7 Å². The largest absolute Gasteiger partial charge is 0.505 e. The van der Waals surface area contributed by atoms with Crippen molar-refractivity contribution < 1.29 is 14.3 Å². The van der Waals surface area contributed by atoms with Gasteiger partial charge in [-0.25, -0.2) is 9.18 Å². The van der Waals surface area contributed by atoms with E-state index in [1.54, 1.807) is 6.07 Å². The summed E-state index contributed by atoms with van der Waals surface area (Å²) in [5.41, 5.74) is 0.638. The van der Waals surface area contributed by atoms with Gasteiger partial charge in [0.05, 0.1) is 6.04 Å². The number of urea groups is 1. The third kappa shape index (κ3) is 1.48. The Balaban J connectivity index is 2.24. The van der Waals surface area contributed by atoms with Gasteiger partial charge in [0.25, 0.3) is 0 Å². The van der Waals surface area contributed by atoms with Gasteiger partial charge >= 0.3 is 6.03 Å². The second-order valence-corrected chi connectivity index (χ2v) is 3.12. The lowest BCUT2D eigenvalue weighted by atomic mass is 10.1. The van der Waals surface area contributed by atoms with E-state index in [-0.39, 0.29) is 17.8 Å². The summed E-state index contributed by atoms with van der Waals surface area (Å²) < 4.78 is 12.9. The molecule has 0 bridgehead atoms. The van der Waals surface area contributed by atoms with E-state index in [4.69, 9.17) is 5.11 Å². The number of hydrogen-bond donors (Lipinski definition) is 3. The third-order valence-corrected chi connectivity index (χ3v) is 2.15. The summed E-state index contributed by atoms with van der Waals surface area (Å²) in [6.45, 7) is 0.434. The molecule has 1 fully saturated rings. The molecule has 1 aromatic rings. The van der Waals surface area contributed by atoms with E-state index in [0.717, 1.165) is 0 Å². The fourth-order valence-electron chi connectivity index (χ4n) is 1.40. The molecule has 0 saturated carbocycles. The molecule has 1 aliphatic heterocycles. The van der Waals surface area contributed by atoms with Gasteiger partial charge in [0, 0.05) is 6.54 Å². The molecular weight excluding hydrogens is 187 g/mol. The molecule has 1 aromatic carbocycles. The Labute approximate surface area is 79.7 Å². The minimum absolute atomic E-state index is 0.224. The summed E-state index contributed by atoms with van der Waals surface area (Å²) in [5, 5.41) is 14.1. The highest BCUT2D eigenvalue weighted by atomic mass is 19.1. The SMILES string of the molecule is O=C1NCC(c2ccc(O)c(F)c2)N1. The highest BCUT2D eigenvalue weighted by Crippen LogP contribution is 2.21. The van der Waals surface area contributed by atoms with Crippen molar-refractivity contribution in [2.45, 2.75) is 6.04 Å². The third-order valence-electron chi connectivity index (χ3n) is 2.15. The Morgan fingerprint density at radius 1 is 1.50 bits per heavy atom. The summed E-state index contributed by atoms with van der Waals surface area (Å²) in [7, 11) is 0. The van der Waals surface area contributed by atoms with Crippen LogP contribution in [0.4, 0.5) is 9.18 Å². The average molecular weight is 196 g/mol. The first-order valence-electron chi connectivity index (χ1n) is 4.19. The molecule has 1 heterocycles. The fraction of sp³-hybridized carbons (Fsp3) is 0.222. The number of carbonyl (C=O) groups excluding carboxylic acids is 1. The highest BCUT2D eigenvalue weighted by molar-refractivity contribution is 5.76. The van der Waals surface area contributed by atoms with Crippen molar-refractivity contribution in [3.8, 4) is 5.75 Å². The number of phenols is 1. The number of amides is 2. The number of aromatic hydroxyl groups is 1. The maximum Gasteiger partial charge on any atom is 0.315 e. The Bertz CT molecular complexity index is 381. The van der Waals surface area contributed by atoms with Crippen LogP contribution in [0.3, 0.4) is 0 Å². The smallest absolute Gasteiger partial charge is 0.315 e. The molecule has 2 amide bonds. The molecule has 1 atom stereocenters. The molecule has 0 spiro atoms. The molecule has 1 aliphatic rings. The number of hydrogen-bond acceptors (Lipinski definition) is 2. The topological polar surface area (TPSA) is 61.4 Å². The second kappa shape index (κ2) is 3.17. The number of nitrogens with one attached hydrogen (secondary N) is 2. The van der Waals surface area contributed by atoms with Crippen molar-refractivity contribution in [3.05, 3.63) is 29.6 Å². The van der Waals surface area contributed by atoms with Gasteiger partial charge in [0.15, 0.2) is 11.6 Å². The maximum atomic E-state index is 12.9. The van der Waals surface area contributed by atoms with Crippen LogP contribution in [0.2, 0.25) is 0 Å². The van der Waals surface area contributed by atoms with Crippen molar-refractivity contribution in [1.82, 2.24) is 10.6 Å². The van der Waals surface area contributed by atoms with Crippen LogP contribution in [-0.2, 0) is 0 Å². The van der Waals surface area contributed by atoms with Crippen LogP contribution in [0.15, 0.2) is 18.2 Å². The predicted octanol–water partition coefficient (Wildman–Crippen LogP) is 0.885. The number of halogens is 1. The van der Waals surface area contributed by atoms with Gasteiger partial charge in [-0.2, -0.15) is 0 Å². The van der Waals surface area contributed by atoms with Crippen LogP contribution in [0.25, 0.3) is 0 Å². The molecule has 1 unspecified atom stereocenters. The second-order valence-electron chi connectivity index (χ2n) is 3.12. The summed E-state index contributed by atoms with van der Waals surface area (Å²) >= 11 is 0. The Kier molecular flexibility index (Phi) is 1.99. The Hall–Kier alpha value is -1.78. The van der Waals surface area contributed by atoms with E-state index >= 15 is 0 Å². The standard InChI is InChI=1S/C9H9FN2O2/c10-6-3-5(1-2-8(6)13)7-4-11-9(14)12-7/h1-3,7,13H,4H2,(H2,11,12,14). The molecule has 4 nitrogen and oxygen atoms in total. The van der Waals surface area contributed by atoms with Crippen LogP contribution in [0.1, 0.15) is 11.6 Å². The van der Waals surface area contributed by atoms with E-state index in [0.29, 0.717) is 12.1 Å². The molecule has 14 heavy (non-hydrogen) atoms. The van der Waals surface area contributed by atoms with Gasteiger partial charge in [-0.1, -0.05) is 6.07 Å². The zero-order chi connectivity index (χ0) is 10.1. The number of benzene rings is 1. The minimum atomic E-state index is -0.677. The quantitative estimate of drug-likeness (QED) is 0.624. The van der Waals surface area contributed by atoms with Crippen LogP contribution >= 0.6 is 0 Å². The number of carbonyl (C=O) groups is 1. The first-order chi connectivity index (χ1) is 6.66. The summed E-state index contributed by atoms with van der Waals surface area (Å²) in [6, 6.07) is 3.58. The predicted molar refractivity (Wildman–Crippen MR) is 47.3 cm³/mol. The van der Waals surface area contributed by atoms with Crippen molar-refractivity contribution in [3.63, 3.8) is 0 Å². The lowest BCUT2D eigenvalue weighted by Crippen LogP contribution is -2.21. The molecule has 74 valence electrons. The lowest BCUT2D eigenvalue weighted by Gasteiger charge is -2.08. The van der Waals surface area contributed by atoms with Gasteiger partial charge in [-0.3, -0.25) is 0 Å². The molecule has 0 aromatic heterocycles. The zero-order valence-corrected chi connectivity index (χ0v) is 7.25. The molecule has 0 radical (unpaired) electrons.